The molecule has 0 aliphatic carbocycles. The van der Waals surface area contributed by atoms with Crippen LogP contribution in [0.4, 0.5) is 8.78 Å². The lowest BCUT2D eigenvalue weighted by atomic mass is 10.0. The van der Waals surface area contributed by atoms with Crippen LogP contribution in [0.3, 0.4) is 0 Å². The van der Waals surface area contributed by atoms with E-state index < -0.39 is 11.6 Å². The first-order valence-corrected chi connectivity index (χ1v) is 6.55. The van der Waals surface area contributed by atoms with Crippen molar-refractivity contribution in [3.05, 3.63) is 29.8 Å². The van der Waals surface area contributed by atoms with Gasteiger partial charge in [-0.2, -0.15) is 0 Å². The molecule has 0 aromatic heterocycles. The van der Waals surface area contributed by atoms with Crippen molar-refractivity contribution in [2.45, 2.75) is 4.90 Å². The van der Waals surface area contributed by atoms with Crippen molar-refractivity contribution in [3.8, 4) is 0 Å². The number of thioether (sulfide) groups is 1. The summed E-state index contributed by atoms with van der Waals surface area (Å²) in [5.74, 6) is -1.07. The second kappa shape index (κ2) is 5.67. The molecule has 1 aliphatic heterocycles. The first-order chi connectivity index (χ1) is 8.60. The predicted molar refractivity (Wildman–Crippen MR) is 64.2 cm³/mol. The van der Waals surface area contributed by atoms with Crippen LogP contribution >= 0.6 is 11.8 Å². The molecule has 0 unspecified atom stereocenters. The molecule has 1 aliphatic rings. The van der Waals surface area contributed by atoms with Gasteiger partial charge >= 0.3 is 0 Å². The Morgan fingerprint density at radius 1 is 1.44 bits per heavy atom. The summed E-state index contributed by atoms with van der Waals surface area (Å²) >= 11 is 1.05. The Hall–Kier alpha value is -1.14. The second-order valence-corrected chi connectivity index (χ2v) is 5.23. The van der Waals surface area contributed by atoms with Crippen LogP contribution in [0.5, 0.6) is 0 Å². The predicted octanol–water partition coefficient (Wildman–Crippen LogP) is 1.51. The van der Waals surface area contributed by atoms with Gasteiger partial charge in [-0.05, 0) is 12.1 Å². The zero-order valence-electron chi connectivity index (χ0n) is 9.60. The van der Waals surface area contributed by atoms with E-state index in [1.807, 2.05) is 0 Å². The number of hydrogen-bond acceptors (Lipinski definition) is 3. The van der Waals surface area contributed by atoms with Gasteiger partial charge in [0.2, 0.25) is 5.91 Å². The maximum atomic E-state index is 13.3. The third-order valence-electron chi connectivity index (χ3n) is 2.81. The minimum Gasteiger partial charge on any atom is -0.396 e. The monoisotopic (exact) mass is 273 g/mol. The summed E-state index contributed by atoms with van der Waals surface area (Å²) in [6.07, 6.45) is 0. The third kappa shape index (κ3) is 3.00. The third-order valence-corrected chi connectivity index (χ3v) is 3.85. The van der Waals surface area contributed by atoms with Crippen molar-refractivity contribution in [2.24, 2.45) is 5.92 Å². The van der Waals surface area contributed by atoms with E-state index in [1.165, 1.54) is 12.1 Å². The zero-order valence-corrected chi connectivity index (χ0v) is 10.4. The molecule has 3 nitrogen and oxygen atoms in total. The molecule has 1 heterocycles. The molecule has 0 spiro atoms. The molecule has 6 heteroatoms. The number of aliphatic hydroxyl groups excluding tert-OH is 1. The van der Waals surface area contributed by atoms with E-state index in [0.29, 0.717) is 13.1 Å². The fourth-order valence-electron chi connectivity index (χ4n) is 1.71. The number of likely N-dealkylation sites (tertiary alicyclic amines) is 1. The lowest BCUT2D eigenvalue weighted by Crippen LogP contribution is -2.51. The molecule has 18 heavy (non-hydrogen) atoms. The number of carbonyl (C=O) groups excluding carboxylic acids is 1. The van der Waals surface area contributed by atoms with Crippen molar-refractivity contribution in [3.63, 3.8) is 0 Å². The van der Waals surface area contributed by atoms with Gasteiger partial charge in [-0.1, -0.05) is 0 Å². The van der Waals surface area contributed by atoms with Crippen LogP contribution < -0.4 is 0 Å². The number of amides is 1. The molecule has 1 saturated heterocycles. The first-order valence-electron chi connectivity index (χ1n) is 5.56. The summed E-state index contributed by atoms with van der Waals surface area (Å²) in [5.41, 5.74) is 0. The molecule has 1 fully saturated rings. The van der Waals surface area contributed by atoms with Gasteiger partial charge in [-0.15, -0.1) is 11.8 Å². The molecule has 0 bridgehead atoms. The molecule has 1 aromatic rings. The molecule has 1 aromatic carbocycles. The van der Waals surface area contributed by atoms with E-state index in [1.54, 1.807) is 4.90 Å². The largest absolute Gasteiger partial charge is 0.396 e. The minimum atomic E-state index is -0.648. The number of carbonyl (C=O) groups is 1. The molecule has 2 rings (SSSR count). The van der Waals surface area contributed by atoms with Crippen LogP contribution in [0.1, 0.15) is 0 Å². The Labute approximate surface area is 108 Å². The topological polar surface area (TPSA) is 40.5 Å². The van der Waals surface area contributed by atoms with E-state index in [9.17, 15) is 13.6 Å². The Morgan fingerprint density at radius 3 is 2.78 bits per heavy atom. The number of benzene rings is 1. The van der Waals surface area contributed by atoms with Crippen molar-refractivity contribution >= 4 is 17.7 Å². The van der Waals surface area contributed by atoms with Gasteiger partial charge in [0, 0.05) is 36.6 Å². The molecular weight excluding hydrogens is 260 g/mol. The van der Waals surface area contributed by atoms with E-state index in [2.05, 4.69) is 0 Å². The number of rotatable bonds is 4. The highest BCUT2D eigenvalue weighted by atomic mass is 32.2. The summed E-state index contributed by atoms with van der Waals surface area (Å²) in [7, 11) is 0. The van der Waals surface area contributed by atoms with Crippen molar-refractivity contribution in [2.75, 3.05) is 25.4 Å². The van der Waals surface area contributed by atoms with Gasteiger partial charge in [0.15, 0.2) is 0 Å². The summed E-state index contributed by atoms with van der Waals surface area (Å²) in [6, 6.07) is 3.30. The summed E-state index contributed by atoms with van der Waals surface area (Å²) in [6.45, 7) is 1.20. The van der Waals surface area contributed by atoms with E-state index in [-0.39, 0.29) is 29.1 Å². The molecule has 0 saturated carbocycles. The van der Waals surface area contributed by atoms with Gasteiger partial charge in [-0.3, -0.25) is 4.79 Å². The Balaban J connectivity index is 1.83. The number of aliphatic hydroxyl groups is 1. The standard InChI is InChI=1S/C12H13F2NO2S/c13-9-1-2-11(10(14)3-9)18-7-12(17)15-4-8(5-15)6-16/h1-3,8,16H,4-7H2. The lowest BCUT2D eigenvalue weighted by Gasteiger charge is -2.38. The van der Waals surface area contributed by atoms with Crippen LogP contribution in [0.2, 0.25) is 0 Å². The molecule has 0 atom stereocenters. The van der Waals surface area contributed by atoms with E-state index in [0.717, 1.165) is 17.8 Å². The summed E-state index contributed by atoms with van der Waals surface area (Å²) < 4.78 is 26.0. The minimum absolute atomic E-state index is 0.0868. The van der Waals surface area contributed by atoms with Crippen LogP contribution in [0.25, 0.3) is 0 Å². The van der Waals surface area contributed by atoms with Crippen LogP contribution in [0.15, 0.2) is 23.1 Å². The maximum absolute atomic E-state index is 13.3. The van der Waals surface area contributed by atoms with Crippen molar-refractivity contribution in [1.82, 2.24) is 4.90 Å². The number of nitrogens with zero attached hydrogens (tertiary/aromatic N) is 1. The van der Waals surface area contributed by atoms with Crippen LogP contribution in [0, 0.1) is 17.6 Å². The highest BCUT2D eigenvalue weighted by molar-refractivity contribution is 8.00. The second-order valence-electron chi connectivity index (χ2n) is 4.21. The molecule has 0 radical (unpaired) electrons. The van der Waals surface area contributed by atoms with Gasteiger partial charge in [0.25, 0.3) is 0 Å². The van der Waals surface area contributed by atoms with Crippen molar-refractivity contribution < 1.29 is 18.7 Å². The lowest BCUT2D eigenvalue weighted by molar-refractivity contribution is -0.135. The van der Waals surface area contributed by atoms with Crippen LogP contribution in [-0.2, 0) is 4.79 Å². The first kappa shape index (κ1) is 13.3. The molecule has 1 N–H and O–H groups in total. The molecule has 1 amide bonds. The zero-order chi connectivity index (χ0) is 13.1. The highest BCUT2D eigenvalue weighted by Gasteiger charge is 2.29. The summed E-state index contributed by atoms with van der Waals surface area (Å²) in [5, 5.41) is 8.83. The highest BCUT2D eigenvalue weighted by Crippen LogP contribution is 2.24. The van der Waals surface area contributed by atoms with Crippen molar-refractivity contribution in [1.29, 1.82) is 0 Å². The molecular formula is C12H13F2NO2S. The van der Waals surface area contributed by atoms with Crippen LogP contribution in [-0.4, -0.2) is 41.4 Å². The quantitative estimate of drug-likeness (QED) is 0.845. The molecule has 98 valence electrons. The number of hydrogen-bond donors (Lipinski definition) is 1. The maximum Gasteiger partial charge on any atom is 0.232 e. The Bertz CT molecular complexity index is 450. The van der Waals surface area contributed by atoms with Gasteiger partial charge < -0.3 is 10.0 Å². The number of halogens is 2. The van der Waals surface area contributed by atoms with Gasteiger partial charge in [0.05, 0.1) is 5.75 Å². The average Bonchev–Trinajstić information content (AvgIpc) is 2.26. The fourth-order valence-corrected chi connectivity index (χ4v) is 2.53. The van der Waals surface area contributed by atoms with Gasteiger partial charge in [0.1, 0.15) is 11.6 Å². The van der Waals surface area contributed by atoms with E-state index >= 15 is 0 Å². The fraction of sp³-hybridized carbons (Fsp3) is 0.417. The normalized spacial score (nSPS) is 15.6. The smallest absolute Gasteiger partial charge is 0.232 e. The van der Waals surface area contributed by atoms with E-state index in [4.69, 9.17) is 5.11 Å². The Kier molecular flexibility index (Phi) is 4.19. The average molecular weight is 273 g/mol. The Morgan fingerprint density at radius 2 is 2.17 bits per heavy atom. The van der Waals surface area contributed by atoms with Gasteiger partial charge in [-0.25, -0.2) is 8.78 Å². The SMILES string of the molecule is O=C(CSc1ccc(F)cc1F)N1CC(CO)C1. The summed E-state index contributed by atoms with van der Waals surface area (Å²) in [4.78, 5) is 13.6.